The molecular formula is C36H38N6O7S. The molecule has 4 rings (SSSR count). The number of hydrogen-bond donors (Lipinski definition) is 1. The van der Waals surface area contributed by atoms with Gasteiger partial charge in [-0.25, -0.2) is 0 Å². The number of nitro benzene ring substituents is 2. The van der Waals surface area contributed by atoms with Crippen LogP contribution in [0.2, 0.25) is 0 Å². The van der Waals surface area contributed by atoms with Crippen LogP contribution in [-0.2, 0) is 12.8 Å². The molecule has 4 aromatic rings. The Morgan fingerprint density at radius 1 is 0.680 bits per heavy atom. The zero-order valence-electron chi connectivity index (χ0n) is 28.6. The minimum Gasteiger partial charge on any atom is -0.495 e. The summed E-state index contributed by atoms with van der Waals surface area (Å²) in [6, 6.07) is 27.5. The van der Waals surface area contributed by atoms with Gasteiger partial charge >= 0.3 is 11.4 Å². The molecule has 0 radical (unpaired) electrons. The normalized spacial score (nSPS) is 9.26. The second-order valence-corrected chi connectivity index (χ2v) is 11.1. The molecule has 0 saturated carbocycles. The van der Waals surface area contributed by atoms with Crippen LogP contribution in [-0.4, -0.2) is 36.9 Å². The zero-order chi connectivity index (χ0) is 37.6. The molecule has 0 spiro atoms. The number of rotatable bonds is 9. The number of hydrogen-bond acceptors (Lipinski definition) is 12. The Kier molecular flexibility index (Phi) is 18.6. The summed E-state index contributed by atoms with van der Waals surface area (Å²) in [5.74, 6) is 1.65. The third-order valence-electron chi connectivity index (χ3n) is 6.64. The van der Waals surface area contributed by atoms with Gasteiger partial charge in [0.25, 0.3) is 0 Å². The minimum atomic E-state index is -0.498. The number of aryl methyl sites for hydroxylation is 3. The van der Waals surface area contributed by atoms with Gasteiger partial charge in [0, 0.05) is 17.0 Å². The molecule has 0 aliphatic heterocycles. The monoisotopic (exact) mass is 698 g/mol. The lowest BCUT2D eigenvalue weighted by Crippen LogP contribution is -1.97. The predicted molar refractivity (Wildman–Crippen MR) is 192 cm³/mol. The first-order valence-corrected chi connectivity index (χ1v) is 15.7. The Bertz CT molecular complexity index is 1870. The summed E-state index contributed by atoms with van der Waals surface area (Å²) in [6.45, 7) is 5.47. The van der Waals surface area contributed by atoms with Crippen molar-refractivity contribution < 1.29 is 24.1 Å². The van der Waals surface area contributed by atoms with Gasteiger partial charge in [0.2, 0.25) is 0 Å². The van der Waals surface area contributed by atoms with E-state index in [0.717, 1.165) is 32.7 Å². The number of anilines is 1. The summed E-state index contributed by atoms with van der Waals surface area (Å²) >= 11 is 1.56. The Labute approximate surface area is 295 Å². The first-order chi connectivity index (χ1) is 23.9. The first kappa shape index (κ1) is 41.7. The number of benzene rings is 4. The number of nitriles is 3. The molecule has 0 aliphatic carbocycles. The summed E-state index contributed by atoms with van der Waals surface area (Å²) in [6.07, 6.45) is 0.614. The fraction of sp³-hybridized carbons (Fsp3) is 0.250. The van der Waals surface area contributed by atoms with E-state index in [2.05, 4.69) is 12.1 Å². The van der Waals surface area contributed by atoms with Crippen molar-refractivity contribution in [2.75, 3.05) is 32.8 Å². The van der Waals surface area contributed by atoms with Gasteiger partial charge in [0.15, 0.2) is 11.5 Å². The number of nitrogens with zero attached hydrogens (tertiary/aromatic N) is 5. The standard InChI is InChI=1S/C10H10N2O3.C10H12N2O.C8H9NO3.C8H7NS/c1-7-5-9(12(13)14)10(15-2)6-8(7)3-4-11;1-7-5-9(12)10(13-2)6-8(7)3-4-11;1-6-3-4-8(12-2)7(5-6)9(10)11;9-6-7-10-8-4-2-1-3-5-8/h5-6H,3H2,1-2H3;5-6H,3,12H2,1-2H3;3-5H,1-2H3;1-5H,7H2. The van der Waals surface area contributed by atoms with Gasteiger partial charge in [0.1, 0.15) is 5.75 Å². The van der Waals surface area contributed by atoms with E-state index in [-0.39, 0.29) is 23.5 Å². The highest BCUT2D eigenvalue weighted by atomic mass is 32.2. The van der Waals surface area contributed by atoms with Crippen LogP contribution in [0.5, 0.6) is 17.2 Å². The van der Waals surface area contributed by atoms with Crippen LogP contribution in [0.4, 0.5) is 17.1 Å². The number of thioether (sulfide) groups is 1. The lowest BCUT2D eigenvalue weighted by atomic mass is 10.0. The lowest BCUT2D eigenvalue weighted by Gasteiger charge is -2.08. The van der Waals surface area contributed by atoms with Crippen LogP contribution in [0.3, 0.4) is 0 Å². The summed E-state index contributed by atoms with van der Waals surface area (Å²) in [7, 11) is 4.35. The van der Waals surface area contributed by atoms with Crippen LogP contribution < -0.4 is 19.9 Å². The molecule has 2 N–H and O–H groups in total. The van der Waals surface area contributed by atoms with E-state index in [4.69, 9.17) is 35.7 Å². The third-order valence-corrected chi connectivity index (χ3v) is 7.52. The van der Waals surface area contributed by atoms with Crippen LogP contribution in [0.15, 0.2) is 77.7 Å². The predicted octanol–water partition coefficient (Wildman–Crippen LogP) is 7.84. The molecule has 260 valence electrons. The van der Waals surface area contributed by atoms with Gasteiger partial charge in [-0.15, -0.1) is 11.8 Å². The molecule has 0 fully saturated rings. The fourth-order valence-electron chi connectivity index (χ4n) is 4.08. The van der Waals surface area contributed by atoms with Crippen molar-refractivity contribution in [2.24, 2.45) is 0 Å². The van der Waals surface area contributed by atoms with E-state index >= 15 is 0 Å². The van der Waals surface area contributed by atoms with Gasteiger partial charge in [-0.2, -0.15) is 15.8 Å². The number of ether oxygens (including phenoxy) is 3. The average molecular weight is 699 g/mol. The highest BCUT2D eigenvalue weighted by Gasteiger charge is 2.17. The highest BCUT2D eigenvalue weighted by Crippen LogP contribution is 2.30. The molecule has 0 atom stereocenters. The van der Waals surface area contributed by atoms with Crippen molar-refractivity contribution in [2.45, 2.75) is 38.5 Å². The van der Waals surface area contributed by atoms with Gasteiger partial charge in [-0.3, -0.25) is 20.2 Å². The smallest absolute Gasteiger partial charge is 0.311 e. The van der Waals surface area contributed by atoms with Gasteiger partial charge < -0.3 is 19.9 Å². The zero-order valence-corrected chi connectivity index (χ0v) is 29.4. The number of nitrogens with two attached hydrogens (primary N) is 1. The molecule has 0 bridgehead atoms. The average Bonchev–Trinajstić information content (AvgIpc) is 3.10. The van der Waals surface area contributed by atoms with E-state index in [1.807, 2.05) is 55.5 Å². The Morgan fingerprint density at radius 3 is 1.66 bits per heavy atom. The summed E-state index contributed by atoms with van der Waals surface area (Å²) in [5.41, 5.74) is 10.6. The Hall–Kier alpha value is -6.30. The largest absolute Gasteiger partial charge is 0.495 e. The molecular weight excluding hydrogens is 660 g/mol. The van der Waals surface area contributed by atoms with Crippen molar-refractivity contribution in [3.8, 4) is 35.5 Å². The topological polar surface area (TPSA) is 211 Å². The van der Waals surface area contributed by atoms with E-state index in [0.29, 0.717) is 29.4 Å². The summed E-state index contributed by atoms with van der Waals surface area (Å²) < 4.78 is 14.8. The number of nitrogen functional groups attached to an aromatic ring is 1. The quantitative estimate of drug-likeness (QED) is 0.0766. The van der Waals surface area contributed by atoms with Crippen molar-refractivity contribution in [1.29, 1.82) is 15.8 Å². The molecule has 0 unspecified atom stereocenters. The second-order valence-electron chi connectivity index (χ2n) is 10.1. The van der Waals surface area contributed by atoms with E-state index < -0.39 is 9.85 Å². The van der Waals surface area contributed by atoms with Crippen molar-refractivity contribution in [1.82, 2.24) is 0 Å². The molecule has 0 aromatic heterocycles. The van der Waals surface area contributed by atoms with Gasteiger partial charge in [-0.1, -0.05) is 24.3 Å². The maximum atomic E-state index is 10.7. The molecule has 0 saturated heterocycles. The SMILES string of the molecule is COc1cc(CC#N)c(C)cc1N.COc1cc(CC#N)c(C)cc1[N+](=O)[O-].COc1ccc(C)cc1[N+](=O)[O-].N#CCSc1ccccc1. The van der Waals surface area contributed by atoms with E-state index in [1.165, 1.54) is 32.4 Å². The number of nitro groups is 2. The third kappa shape index (κ3) is 13.8. The summed E-state index contributed by atoms with van der Waals surface area (Å²) in [4.78, 5) is 21.3. The van der Waals surface area contributed by atoms with Crippen LogP contribution in [0, 0.1) is 75.0 Å². The van der Waals surface area contributed by atoms with Gasteiger partial charge in [0.05, 0.1) is 73.7 Å². The molecule has 13 nitrogen and oxygen atoms in total. The van der Waals surface area contributed by atoms with Gasteiger partial charge in [-0.05, 0) is 85.0 Å². The van der Waals surface area contributed by atoms with Crippen molar-refractivity contribution >= 4 is 28.8 Å². The second kappa shape index (κ2) is 22.3. The summed E-state index contributed by atoms with van der Waals surface area (Å²) in [5, 5.41) is 46.5. The van der Waals surface area contributed by atoms with Crippen LogP contribution in [0.25, 0.3) is 0 Å². The lowest BCUT2D eigenvalue weighted by molar-refractivity contribution is -0.385. The Morgan fingerprint density at radius 2 is 1.18 bits per heavy atom. The molecule has 14 heteroatoms. The molecule has 4 aromatic carbocycles. The van der Waals surface area contributed by atoms with E-state index in [9.17, 15) is 20.2 Å². The highest BCUT2D eigenvalue weighted by molar-refractivity contribution is 7.99. The fourth-order valence-corrected chi connectivity index (χ4v) is 4.66. The maximum Gasteiger partial charge on any atom is 0.311 e. The van der Waals surface area contributed by atoms with E-state index in [1.54, 1.807) is 44.9 Å². The van der Waals surface area contributed by atoms with Crippen LogP contribution in [0.1, 0.15) is 27.8 Å². The van der Waals surface area contributed by atoms with Crippen LogP contribution >= 0.6 is 11.8 Å². The van der Waals surface area contributed by atoms with Crippen molar-refractivity contribution in [3.63, 3.8) is 0 Å². The maximum absolute atomic E-state index is 10.7. The number of methoxy groups -OCH3 is 3. The first-order valence-electron chi connectivity index (χ1n) is 14.7. The molecule has 50 heavy (non-hydrogen) atoms. The molecule has 0 amide bonds. The van der Waals surface area contributed by atoms with Crippen molar-refractivity contribution in [3.05, 3.63) is 121 Å². The minimum absolute atomic E-state index is 0.0116. The molecule has 0 aliphatic rings. The molecule has 0 heterocycles. The Balaban J connectivity index is 0.000000336.